The summed E-state index contributed by atoms with van der Waals surface area (Å²) in [7, 11) is 2.13. The van der Waals surface area contributed by atoms with Crippen LogP contribution in [0, 0.1) is 6.92 Å². The van der Waals surface area contributed by atoms with Crippen LogP contribution in [-0.4, -0.2) is 16.1 Å². The van der Waals surface area contributed by atoms with Gasteiger partial charge in [0.25, 0.3) is 0 Å². The van der Waals surface area contributed by atoms with Crippen molar-refractivity contribution in [1.29, 1.82) is 0 Å². The maximum Gasteiger partial charge on any atom is 0.129 e. The molecule has 3 heteroatoms. The molecule has 96 valence electrons. The second kappa shape index (κ2) is 4.09. The van der Waals surface area contributed by atoms with Gasteiger partial charge in [0.2, 0.25) is 0 Å². The Hall–Kier alpha value is -1.35. The van der Waals surface area contributed by atoms with Crippen LogP contribution in [0.4, 0.5) is 0 Å². The standard InChI is InChI=1S/C15H21N3/c1-11-6-7-13-12(10-11)17-14(18(13)3)15(2)8-4-5-9-16-15/h6-7,10,16H,4-5,8-9H2,1-3H3. The summed E-state index contributed by atoms with van der Waals surface area (Å²) in [6.45, 7) is 5.49. The number of aryl methyl sites for hydroxylation is 2. The third-order valence-electron chi connectivity index (χ3n) is 4.15. The van der Waals surface area contributed by atoms with E-state index >= 15 is 0 Å². The molecule has 0 spiro atoms. The fourth-order valence-electron chi connectivity index (χ4n) is 3.05. The Morgan fingerprint density at radius 2 is 2.17 bits per heavy atom. The van der Waals surface area contributed by atoms with Crippen molar-refractivity contribution in [1.82, 2.24) is 14.9 Å². The Balaban J connectivity index is 2.14. The lowest BCUT2D eigenvalue weighted by Gasteiger charge is -2.34. The molecule has 2 heterocycles. The molecule has 0 saturated carbocycles. The molecule has 1 fully saturated rings. The third kappa shape index (κ3) is 1.74. The maximum absolute atomic E-state index is 4.87. The Morgan fingerprint density at radius 1 is 1.33 bits per heavy atom. The van der Waals surface area contributed by atoms with Gasteiger partial charge in [-0.1, -0.05) is 6.07 Å². The van der Waals surface area contributed by atoms with E-state index in [0.717, 1.165) is 12.1 Å². The Kier molecular flexibility index (Phi) is 2.67. The molecule has 1 unspecified atom stereocenters. The Morgan fingerprint density at radius 3 is 2.89 bits per heavy atom. The van der Waals surface area contributed by atoms with Gasteiger partial charge in [-0.25, -0.2) is 4.98 Å². The molecular formula is C15H21N3. The lowest BCUT2D eigenvalue weighted by Crippen LogP contribution is -2.45. The normalized spacial score (nSPS) is 24.6. The van der Waals surface area contributed by atoms with Crippen LogP contribution in [0.2, 0.25) is 0 Å². The highest BCUT2D eigenvalue weighted by molar-refractivity contribution is 5.77. The molecule has 1 aliphatic rings. The van der Waals surface area contributed by atoms with Crippen molar-refractivity contribution in [3.63, 3.8) is 0 Å². The van der Waals surface area contributed by atoms with Gasteiger partial charge in [0, 0.05) is 7.05 Å². The van der Waals surface area contributed by atoms with Gasteiger partial charge >= 0.3 is 0 Å². The Bertz CT molecular complexity index is 577. The minimum atomic E-state index is 0.0277. The van der Waals surface area contributed by atoms with Gasteiger partial charge in [-0.2, -0.15) is 0 Å². The van der Waals surface area contributed by atoms with E-state index < -0.39 is 0 Å². The minimum absolute atomic E-state index is 0.0277. The van der Waals surface area contributed by atoms with Crippen LogP contribution >= 0.6 is 0 Å². The zero-order valence-corrected chi connectivity index (χ0v) is 11.5. The molecule has 1 atom stereocenters. The fraction of sp³-hybridized carbons (Fsp3) is 0.533. The number of nitrogens with one attached hydrogen (secondary N) is 1. The highest BCUT2D eigenvalue weighted by atomic mass is 15.1. The van der Waals surface area contributed by atoms with E-state index in [4.69, 9.17) is 4.98 Å². The van der Waals surface area contributed by atoms with E-state index in [1.54, 1.807) is 0 Å². The average Bonchev–Trinajstić information content (AvgIpc) is 2.68. The van der Waals surface area contributed by atoms with Crippen molar-refractivity contribution in [2.45, 2.75) is 38.6 Å². The first-order valence-corrected chi connectivity index (χ1v) is 6.79. The van der Waals surface area contributed by atoms with Crippen LogP contribution in [0.25, 0.3) is 11.0 Å². The number of imidazole rings is 1. The molecule has 0 amide bonds. The number of nitrogens with zero attached hydrogens (tertiary/aromatic N) is 2. The molecule has 3 rings (SSSR count). The molecule has 0 radical (unpaired) electrons. The summed E-state index contributed by atoms with van der Waals surface area (Å²) in [6, 6.07) is 6.50. The maximum atomic E-state index is 4.87. The summed E-state index contributed by atoms with van der Waals surface area (Å²) >= 11 is 0. The van der Waals surface area contributed by atoms with Crippen LogP contribution in [0.1, 0.15) is 37.6 Å². The van der Waals surface area contributed by atoms with Crippen molar-refractivity contribution in [3.05, 3.63) is 29.6 Å². The first kappa shape index (κ1) is 11.7. The summed E-state index contributed by atoms with van der Waals surface area (Å²) in [4.78, 5) is 4.87. The molecule has 1 aliphatic heterocycles. The summed E-state index contributed by atoms with van der Waals surface area (Å²) in [5, 5.41) is 3.64. The van der Waals surface area contributed by atoms with Crippen LogP contribution < -0.4 is 5.32 Å². The van der Waals surface area contributed by atoms with E-state index in [0.29, 0.717) is 0 Å². The minimum Gasteiger partial charge on any atom is -0.330 e. The van der Waals surface area contributed by atoms with Gasteiger partial charge in [0.1, 0.15) is 5.82 Å². The molecule has 1 aromatic heterocycles. The van der Waals surface area contributed by atoms with E-state index in [9.17, 15) is 0 Å². The largest absolute Gasteiger partial charge is 0.330 e. The fourth-order valence-corrected chi connectivity index (χ4v) is 3.05. The van der Waals surface area contributed by atoms with Crippen molar-refractivity contribution in [2.75, 3.05) is 6.54 Å². The monoisotopic (exact) mass is 243 g/mol. The van der Waals surface area contributed by atoms with E-state index in [1.807, 2.05) is 0 Å². The molecule has 1 aromatic carbocycles. The molecule has 1 N–H and O–H groups in total. The van der Waals surface area contributed by atoms with Crippen LogP contribution in [0.15, 0.2) is 18.2 Å². The third-order valence-corrected chi connectivity index (χ3v) is 4.15. The van der Waals surface area contributed by atoms with Gasteiger partial charge < -0.3 is 9.88 Å². The van der Waals surface area contributed by atoms with Gasteiger partial charge in [-0.3, -0.25) is 0 Å². The zero-order valence-electron chi connectivity index (χ0n) is 11.5. The van der Waals surface area contributed by atoms with Gasteiger partial charge in [0.15, 0.2) is 0 Å². The number of benzene rings is 1. The lowest BCUT2D eigenvalue weighted by atomic mass is 9.90. The van der Waals surface area contributed by atoms with E-state index in [2.05, 4.69) is 49.0 Å². The quantitative estimate of drug-likeness (QED) is 0.834. The number of hydrogen-bond donors (Lipinski definition) is 1. The zero-order chi connectivity index (χ0) is 12.8. The summed E-state index contributed by atoms with van der Waals surface area (Å²) < 4.78 is 2.24. The van der Waals surface area contributed by atoms with Crippen molar-refractivity contribution >= 4 is 11.0 Å². The first-order chi connectivity index (χ1) is 8.60. The second-order valence-corrected chi connectivity index (χ2v) is 5.70. The number of fused-ring (bicyclic) bond motifs is 1. The average molecular weight is 243 g/mol. The molecular weight excluding hydrogens is 222 g/mol. The number of hydrogen-bond acceptors (Lipinski definition) is 2. The summed E-state index contributed by atoms with van der Waals surface area (Å²) in [6.07, 6.45) is 3.73. The van der Waals surface area contributed by atoms with Crippen molar-refractivity contribution < 1.29 is 0 Å². The first-order valence-electron chi connectivity index (χ1n) is 6.79. The molecule has 1 saturated heterocycles. The van der Waals surface area contributed by atoms with Crippen LogP contribution in [-0.2, 0) is 12.6 Å². The van der Waals surface area contributed by atoms with E-state index in [-0.39, 0.29) is 5.54 Å². The highest BCUT2D eigenvalue weighted by Crippen LogP contribution is 2.31. The second-order valence-electron chi connectivity index (χ2n) is 5.70. The number of rotatable bonds is 1. The van der Waals surface area contributed by atoms with Crippen molar-refractivity contribution in [3.8, 4) is 0 Å². The number of aromatic nitrogens is 2. The summed E-state index contributed by atoms with van der Waals surface area (Å²) in [5.41, 5.74) is 3.64. The molecule has 0 aliphatic carbocycles. The van der Waals surface area contributed by atoms with Gasteiger partial charge in [0.05, 0.1) is 16.6 Å². The topological polar surface area (TPSA) is 29.9 Å². The summed E-state index contributed by atoms with van der Waals surface area (Å²) in [5.74, 6) is 1.17. The Labute approximate surface area is 108 Å². The predicted octanol–water partition coefficient (Wildman–Crippen LogP) is 2.87. The smallest absolute Gasteiger partial charge is 0.129 e. The van der Waals surface area contributed by atoms with Crippen LogP contribution in [0.3, 0.4) is 0 Å². The molecule has 18 heavy (non-hydrogen) atoms. The van der Waals surface area contributed by atoms with Crippen LogP contribution in [0.5, 0.6) is 0 Å². The SMILES string of the molecule is Cc1ccc2c(c1)nc(C1(C)CCCCN1)n2C. The molecule has 2 aromatic rings. The van der Waals surface area contributed by atoms with Gasteiger partial charge in [-0.05, 0) is 57.4 Å². The molecule has 3 nitrogen and oxygen atoms in total. The highest BCUT2D eigenvalue weighted by Gasteiger charge is 2.32. The van der Waals surface area contributed by atoms with Crippen molar-refractivity contribution in [2.24, 2.45) is 7.05 Å². The molecule has 0 bridgehead atoms. The van der Waals surface area contributed by atoms with Gasteiger partial charge in [-0.15, -0.1) is 0 Å². The predicted molar refractivity (Wildman–Crippen MR) is 74.7 cm³/mol. The van der Waals surface area contributed by atoms with E-state index in [1.165, 1.54) is 36.2 Å². The number of piperidine rings is 1. The lowest BCUT2D eigenvalue weighted by molar-refractivity contribution is 0.264.